The van der Waals surface area contributed by atoms with Gasteiger partial charge in [-0.15, -0.1) is 0 Å². The summed E-state index contributed by atoms with van der Waals surface area (Å²) in [5.41, 5.74) is 2.25. The molecular formula is C22H27FN4O2. The monoisotopic (exact) mass is 398 g/mol. The summed E-state index contributed by atoms with van der Waals surface area (Å²) in [7, 11) is 2.09. The number of rotatable bonds is 5. The van der Waals surface area contributed by atoms with Gasteiger partial charge in [0.2, 0.25) is 0 Å². The van der Waals surface area contributed by atoms with Crippen LogP contribution in [-0.2, 0) is 17.8 Å². The fourth-order valence-corrected chi connectivity index (χ4v) is 4.12. The molecule has 29 heavy (non-hydrogen) atoms. The Hall–Kier alpha value is -2.54. The summed E-state index contributed by atoms with van der Waals surface area (Å²) in [6.07, 6.45) is 4.28. The number of likely N-dealkylation sites (tertiary alicyclic amines) is 1. The SMILES string of the molecule is CC[C@H](Oc1ccccc1F)C(=O)N1CCC[C@@H]1c1ncc2c(n1)CCN(C)C2. The average Bonchev–Trinajstić information content (AvgIpc) is 3.22. The van der Waals surface area contributed by atoms with Crippen molar-refractivity contribution >= 4 is 5.91 Å². The van der Waals surface area contributed by atoms with Crippen molar-refractivity contribution in [2.75, 3.05) is 20.1 Å². The number of carbonyl (C=O) groups is 1. The lowest BCUT2D eigenvalue weighted by Gasteiger charge is -2.29. The highest BCUT2D eigenvalue weighted by molar-refractivity contribution is 5.82. The first-order chi connectivity index (χ1) is 14.1. The summed E-state index contributed by atoms with van der Waals surface area (Å²) < 4.78 is 19.7. The van der Waals surface area contributed by atoms with E-state index in [4.69, 9.17) is 9.72 Å². The summed E-state index contributed by atoms with van der Waals surface area (Å²) in [6.45, 7) is 4.35. The number of hydrogen-bond acceptors (Lipinski definition) is 5. The third-order valence-electron chi connectivity index (χ3n) is 5.73. The molecular weight excluding hydrogens is 371 g/mol. The van der Waals surface area contributed by atoms with E-state index in [1.165, 1.54) is 6.07 Å². The van der Waals surface area contributed by atoms with Crippen LogP contribution in [0.5, 0.6) is 5.75 Å². The second kappa shape index (κ2) is 8.45. The van der Waals surface area contributed by atoms with Crippen molar-refractivity contribution in [2.45, 2.75) is 51.3 Å². The smallest absolute Gasteiger partial charge is 0.264 e. The zero-order valence-corrected chi connectivity index (χ0v) is 17.0. The maximum absolute atomic E-state index is 14.0. The third kappa shape index (κ3) is 4.10. The molecule has 0 bridgehead atoms. The highest BCUT2D eigenvalue weighted by atomic mass is 19.1. The number of likely N-dealkylation sites (N-methyl/N-ethyl adjacent to an activating group) is 1. The zero-order valence-electron chi connectivity index (χ0n) is 17.0. The average molecular weight is 398 g/mol. The van der Waals surface area contributed by atoms with Crippen molar-refractivity contribution in [3.63, 3.8) is 0 Å². The first-order valence-corrected chi connectivity index (χ1v) is 10.3. The van der Waals surface area contributed by atoms with Crippen LogP contribution in [0.2, 0.25) is 0 Å². The molecule has 0 saturated carbocycles. The van der Waals surface area contributed by atoms with E-state index in [1.807, 2.05) is 18.0 Å². The van der Waals surface area contributed by atoms with Gasteiger partial charge >= 0.3 is 0 Å². The number of amides is 1. The van der Waals surface area contributed by atoms with Gasteiger partial charge in [0.25, 0.3) is 5.91 Å². The van der Waals surface area contributed by atoms with Gasteiger partial charge in [0.05, 0.1) is 6.04 Å². The van der Waals surface area contributed by atoms with Crippen LogP contribution in [0, 0.1) is 5.82 Å². The lowest BCUT2D eigenvalue weighted by Crippen LogP contribution is -2.42. The van der Waals surface area contributed by atoms with Crippen LogP contribution in [0.15, 0.2) is 30.5 Å². The van der Waals surface area contributed by atoms with Crippen LogP contribution < -0.4 is 4.74 Å². The maximum Gasteiger partial charge on any atom is 0.264 e. The van der Waals surface area contributed by atoms with Gasteiger partial charge in [0.15, 0.2) is 23.5 Å². The highest BCUT2D eigenvalue weighted by Crippen LogP contribution is 2.32. The molecule has 0 N–H and O–H groups in total. The summed E-state index contributed by atoms with van der Waals surface area (Å²) >= 11 is 0. The largest absolute Gasteiger partial charge is 0.478 e. The van der Waals surface area contributed by atoms with Gasteiger partial charge in [-0.3, -0.25) is 4.79 Å². The molecule has 1 amide bonds. The fourth-order valence-electron chi connectivity index (χ4n) is 4.12. The molecule has 2 atom stereocenters. The minimum atomic E-state index is -0.723. The molecule has 2 aliphatic heterocycles. The van der Waals surface area contributed by atoms with E-state index in [0.29, 0.717) is 18.8 Å². The summed E-state index contributed by atoms with van der Waals surface area (Å²) in [6, 6.07) is 6.05. The van der Waals surface area contributed by atoms with Gasteiger partial charge < -0.3 is 14.5 Å². The standard InChI is InChI=1S/C22H27FN4O2/c1-3-19(29-20-9-5-4-7-16(20)23)22(28)27-11-6-8-18(27)21-24-13-15-14-26(2)12-10-17(15)25-21/h4-5,7,9,13,18-19H,3,6,8,10-12,14H2,1-2H3/t18-,19+/m1/s1. The van der Waals surface area contributed by atoms with Crippen LogP contribution in [0.25, 0.3) is 0 Å². The van der Waals surface area contributed by atoms with E-state index in [2.05, 4.69) is 16.9 Å². The number of para-hydroxylation sites is 1. The molecule has 154 valence electrons. The molecule has 7 heteroatoms. The van der Waals surface area contributed by atoms with Crippen molar-refractivity contribution in [2.24, 2.45) is 0 Å². The molecule has 3 heterocycles. The first-order valence-electron chi connectivity index (χ1n) is 10.3. The number of aromatic nitrogens is 2. The van der Waals surface area contributed by atoms with Crippen molar-refractivity contribution < 1.29 is 13.9 Å². The molecule has 2 aliphatic rings. The Balaban J connectivity index is 1.53. The molecule has 2 aromatic rings. The Morgan fingerprint density at radius 3 is 2.97 bits per heavy atom. The first kappa shape index (κ1) is 19.8. The molecule has 6 nitrogen and oxygen atoms in total. The van der Waals surface area contributed by atoms with Gasteiger partial charge in [-0.1, -0.05) is 19.1 Å². The molecule has 0 radical (unpaired) electrons. The maximum atomic E-state index is 14.0. The lowest BCUT2D eigenvalue weighted by atomic mass is 10.1. The van der Waals surface area contributed by atoms with E-state index >= 15 is 0 Å². The lowest BCUT2D eigenvalue weighted by molar-refractivity contribution is -0.140. The molecule has 4 rings (SSSR count). The van der Waals surface area contributed by atoms with E-state index in [1.54, 1.807) is 18.2 Å². The van der Waals surface area contributed by atoms with Crippen LogP contribution in [-0.4, -0.2) is 51.9 Å². The number of carbonyl (C=O) groups excluding carboxylic acids is 1. The van der Waals surface area contributed by atoms with Crippen LogP contribution in [0.1, 0.15) is 49.3 Å². The molecule has 0 spiro atoms. The Morgan fingerprint density at radius 2 is 2.17 bits per heavy atom. The minimum Gasteiger partial charge on any atom is -0.478 e. The van der Waals surface area contributed by atoms with E-state index in [9.17, 15) is 9.18 Å². The topological polar surface area (TPSA) is 58.6 Å². The van der Waals surface area contributed by atoms with E-state index in [0.717, 1.165) is 43.6 Å². The highest BCUT2D eigenvalue weighted by Gasteiger charge is 2.36. The second-order valence-corrected chi connectivity index (χ2v) is 7.82. The fraction of sp³-hybridized carbons (Fsp3) is 0.500. The predicted molar refractivity (Wildman–Crippen MR) is 107 cm³/mol. The molecule has 1 saturated heterocycles. The van der Waals surface area contributed by atoms with Crippen molar-refractivity contribution in [3.8, 4) is 5.75 Å². The number of fused-ring (bicyclic) bond motifs is 1. The second-order valence-electron chi connectivity index (χ2n) is 7.82. The van der Waals surface area contributed by atoms with Crippen molar-refractivity contribution in [1.82, 2.24) is 19.8 Å². The summed E-state index contributed by atoms with van der Waals surface area (Å²) in [5, 5.41) is 0. The van der Waals surface area contributed by atoms with E-state index < -0.39 is 11.9 Å². The van der Waals surface area contributed by atoms with Gasteiger partial charge in [-0.2, -0.15) is 0 Å². The number of nitrogens with zero attached hydrogens (tertiary/aromatic N) is 4. The zero-order chi connectivity index (χ0) is 20.4. The van der Waals surface area contributed by atoms with Crippen molar-refractivity contribution in [3.05, 3.63) is 53.4 Å². The number of benzene rings is 1. The predicted octanol–water partition coefficient (Wildman–Crippen LogP) is 3.12. The van der Waals surface area contributed by atoms with Crippen molar-refractivity contribution in [1.29, 1.82) is 0 Å². The van der Waals surface area contributed by atoms with Gasteiger partial charge in [0, 0.05) is 43.5 Å². The Labute approximate surface area is 170 Å². The Bertz CT molecular complexity index is 891. The van der Waals surface area contributed by atoms with Gasteiger partial charge in [-0.25, -0.2) is 14.4 Å². The Kier molecular flexibility index (Phi) is 5.76. The quantitative estimate of drug-likeness (QED) is 0.775. The summed E-state index contributed by atoms with van der Waals surface area (Å²) in [4.78, 5) is 26.7. The molecule has 1 aromatic carbocycles. The molecule has 0 unspecified atom stereocenters. The van der Waals surface area contributed by atoms with Crippen LogP contribution in [0.3, 0.4) is 0 Å². The van der Waals surface area contributed by atoms with E-state index in [-0.39, 0.29) is 17.7 Å². The normalized spacial score (nSPS) is 20.4. The van der Waals surface area contributed by atoms with Crippen LogP contribution >= 0.6 is 0 Å². The third-order valence-corrected chi connectivity index (χ3v) is 5.73. The summed E-state index contributed by atoms with van der Waals surface area (Å²) in [5.74, 6) is 0.233. The number of hydrogen-bond donors (Lipinski definition) is 0. The molecule has 0 aliphatic carbocycles. The number of ether oxygens (including phenoxy) is 1. The van der Waals surface area contributed by atoms with Gasteiger partial charge in [-0.05, 0) is 38.4 Å². The number of halogens is 1. The molecule has 1 aromatic heterocycles. The minimum absolute atomic E-state index is 0.109. The van der Waals surface area contributed by atoms with Gasteiger partial charge in [0.1, 0.15) is 0 Å². The molecule has 1 fully saturated rings. The van der Waals surface area contributed by atoms with Crippen LogP contribution in [0.4, 0.5) is 4.39 Å². The Morgan fingerprint density at radius 1 is 1.34 bits per heavy atom.